The van der Waals surface area contributed by atoms with Crippen LogP contribution in [0, 0.1) is 5.92 Å². The Bertz CT molecular complexity index is 334. The summed E-state index contributed by atoms with van der Waals surface area (Å²) in [6, 6.07) is 0.592. The summed E-state index contributed by atoms with van der Waals surface area (Å²) < 4.78 is 1.93. The van der Waals surface area contributed by atoms with E-state index in [2.05, 4.69) is 55.3 Å². The molecule has 1 atom stereocenters. The van der Waals surface area contributed by atoms with Crippen molar-refractivity contribution in [2.75, 3.05) is 20.1 Å². The number of rotatable bonds is 8. The van der Waals surface area contributed by atoms with Gasteiger partial charge in [0.25, 0.3) is 0 Å². The number of aromatic nitrogens is 3. The fourth-order valence-corrected chi connectivity index (χ4v) is 1.75. The highest BCUT2D eigenvalue weighted by atomic mass is 15.4. The Morgan fingerprint density at radius 3 is 2.72 bits per heavy atom. The standard InChI is InChI=1S/C13H27N5/c1-6-14-9-13-10-18(16-15-13)8-7-17(5)12(4)11(2)3/h10-12,14H,6-9H2,1-5H3. The number of likely N-dealkylation sites (N-methyl/N-ethyl adjacent to an activating group) is 1. The average Bonchev–Trinajstić information content (AvgIpc) is 2.80. The van der Waals surface area contributed by atoms with Gasteiger partial charge in [-0.3, -0.25) is 4.68 Å². The van der Waals surface area contributed by atoms with Crippen LogP contribution in [-0.2, 0) is 13.1 Å². The summed E-state index contributed by atoms with van der Waals surface area (Å²) in [6.45, 7) is 12.5. The molecule has 1 aromatic heterocycles. The van der Waals surface area contributed by atoms with Gasteiger partial charge in [0.05, 0.1) is 12.2 Å². The van der Waals surface area contributed by atoms with Crippen molar-refractivity contribution < 1.29 is 0 Å². The summed E-state index contributed by atoms with van der Waals surface area (Å²) in [4.78, 5) is 2.37. The lowest BCUT2D eigenvalue weighted by Gasteiger charge is -2.27. The highest BCUT2D eigenvalue weighted by Crippen LogP contribution is 2.07. The lowest BCUT2D eigenvalue weighted by Crippen LogP contribution is -2.35. The molecule has 5 nitrogen and oxygen atoms in total. The minimum Gasteiger partial charge on any atom is -0.311 e. The van der Waals surface area contributed by atoms with Crippen LogP contribution in [0.1, 0.15) is 33.4 Å². The molecule has 5 heteroatoms. The quantitative estimate of drug-likeness (QED) is 0.760. The van der Waals surface area contributed by atoms with E-state index in [1.54, 1.807) is 0 Å². The van der Waals surface area contributed by atoms with E-state index in [9.17, 15) is 0 Å². The second kappa shape index (κ2) is 7.48. The molecule has 0 amide bonds. The van der Waals surface area contributed by atoms with Crippen LogP contribution in [0.5, 0.6) is 0 Å². The Balaban J connectivity index is 2.36. The third-order valence-electron chi connectivity index (χ3n) is 3.48. The van der Waals surface area contributed by atoms with Gasteiger partial charge in [0.2, 0.25) is 0 Å². The molecule has 104 valence electrons. The summed E-state index contributed by atoms with van der Waals surface area (Å²) in [7, 11) is 2.17. The second-order valence-electron chi connectivity index (χ2n) is 5.22. The van der Waals surface area contributed by atoms with E-state index >= 15 is 0 Å². The van der Waals surface area contributed by atoms with Crippen LogP contribution in [0.2, 0.25) is 0 Å². The van der Waals surface area contributed by atoms with Gasteiger partial charge in [-0.05, 0) is 26.4 Å². The molecule has 0 aliphatic carbocycles. The highest BCUT2D eigenvalue weighted by Gasteiger charge is 2.12. The molecule has 18 heavy (non-hydrogen) atoms. The monoisotopic (exact) mass is 253 g/mol. The molecular formula is C13H27N5. The molecule has 1 N–H and O–H groups in total. The molecule has 0 bridgehead atoms. The lowest BCUT2D eigenvalue weighted by atomic mass is 10.1. The fourth-order valence-electron chi connectivity index (χ4n) is 1.75. The van der Waals surface area contributed by atoms with Gasteiger partial charge in [0.15, 0.2) is 0 Å². The summed E-state index contributed by atoms with van der Waals surface area (Å²) in [5, 5.41) is 11.5. The predicted molar refractivity (Wildman–Crippen MR) is 74.3 cm³/mol. The van der Waals surface area contributed by atoms with Crippen LogP contribution in [0.25, 0.3) is 0 Å². The van der Waals surface area contributed by atoms with Crippen molar-refractivity contribution in [1.82, 2.24) is 25.2 Å². The zero-order chi connectivity index (χ0) is 13.5. The van der Waals surface area contributed by atoms with E-state index in [1.165, 1.54) is 0 Å². The first-order valence-corrected chi connectivity index (χ1v) is 6.84. The van der Waals surface area contributed by atoms with Gasteiger partial charge in [-0.15, -0.1) is 5.10 Å². The van der Waals surface area contributed by atoms with Crippen molar-refractivity contribution in [2.24, 2.45) is 5.92 Å². The highest BCUT2D eigenvalue weighted by molar-refractivity contribution is 4.91. The summed E-state index contributed by atoms with van der Waals surface area (Å²) in [5.41, 5.74) is 1.01. The van der Waals surface area contributed by atoms with Crippen LogP contribution in [0.15, 0.2) is 6.20 Å². The van der Waals surface area contributed by atoms with E-state index in [0.29, 0.717) is 12.0 Å². The van der Waals surface area contributed by atoms with E-state index in [0.717, 1.165) is 31.9 Å². The first-order valence-electron chi connectivity index (χ1n) is 6.84. The molecular weight excluding hydrogens is 226 g/mol. The normalized spacial score (nSPS) is 13.5. The van der Waals surface area contributed by atoms with Gasteiger partial charge >= 0.3 is 0 Å². The molecule has 0 spiro atoms. The minimum atomic E-state index is 0.592. The van der Waals surface area contributed by atoms with Gasteiger partial charge in [0.1, 0.15) is 0 Å². The maximum Gasteiger partial charge on any atom is 0.0964 e. The number of nitrogens with one attached hydrogen (secondary N) is 1. The van der Waals surface area contributed by atoms with Crippen LogP contribution < -0.4 is 5.32 Å². The Morgan fingerprint density at radius 1 is 1.39 bits per heavy atom. The first kappa shape index (κ1) is 15.1. The molecule has 1 rings (SSSR count). The van der Waals surface area contributed by atoms with Crippen molar-refractivity contribution in [3.05, 3.63) is 11.9 Å². The molecule has 0 aliphatic rings. The Kier molecular flexibility index (Phi) is 6.29. The lowest BCUT2D eigenvalue weighted by molar-refractivity contribution is 0.198. The van der Waals surface area contributed by atoms with Crippen molar-refractivity contribution in [1.29, 1.82) is 0 Å². The van der Waals surface area contributed by atoms with Gasteiger partial charge < -0.3 is 10.2 Å². The van der Waals surface area contributed by atoms with Crippen molar-refractivity contribution in [2.45, 2.75) is 46.8 Å². The Hall–Kier alpha value is -0.940. The largest absolute Gasteiger partial charge is 0.311 e. The van der Waals surface area contributed by atoms with Crippen molar-refractivity contribution >= 4 is 0 Å². The topological polar surface area (TPSA) is 46.0 Å². The van der Waals surface area contributed by atoms with Crippen molar-refractivity contribution in [3.63, 3.8) is 0 Å². The van der Waals surface area contributed by atoms with E-state index in [1.807, 2.05) is 10.9 Å². The van der Waals surface area contributed by atoms with Crippen molar-refractivity contribution in [3.8, 4) is 0 Å². The zero-order valence-corrected chi connectivity index (χ0v) is 12.3. The Labute approximate surface area is 111 Å². The van der Waals surface area contributed by atoms with Gasteiger partial charge in [-0.25, -0.2) is 0 Å². The molecule has 1 heterocycles. The Morgan fingerprint density at radius 2 is 2.11 bits per heavy atom. The molecule has 0 radical (unpaired) electrons. The van der Waals surface area contributed by atoms with Gasteiger partial charge in [-0.2, -0.15) is 0 Å². The maximum atomic E-state index is 4.15. The summed E-state index contributed by atoms with van der Waals surface area (Å²) in [6.07, 6.45) is 2.02. The SMILES string of the molecule is CCNCc1cn(CCN(C)C(C)C(C)C)nn1. The van der Waals surface area contributed by atoms with Gasteiger partial charge in [-0.1, -0.05) is 26.0 Å². The smallest absolute Gasteiger partial charge is 0.0964 e. The number of nitrogens with zero attached hydrogens (tertiary/aromatic N) is 4. The zero-order valence-electron chi connectivity index (χ0n) is 12.3. The third-order valence-corrected chi connectivity index (χ3v) is 3.48. The van der Waals surface area contributed by atoms with Crippen LogP contribution in [0.3, 0.4) is 0 Å². The summed E-state index contributed by atoms with van der Waals surface area (Å²) >= 11 is 0. The average molecular weight is 253 g/mol. The molecule has 0 saturated carbocycles. The van der Waals surface area contributed by atoms with E-state index in [-0.39, 0.29) is 0 Å². The third kappa shape index (κ3) is 4.74. The molecule has 0 saturated heterocycles. The predicted octanol–water partition coefficient (Wildman–Crippen LogP) is 1.36. The minimum absolute atomic E-state index is 0.592. The summed E-state index contributed by atoms with van der Waals surface area (Å²) in [5.74, 6) is 0.676. The molecule has 0 aromatic carbocycles. The van der Waals surface area contributed by atoms with Crippen LogP contribution in [-0.4, -0.2) is 46.1 Å². The molecule has 0 aliphatic heterocycles. The number of hydrogen-bond acceptors (Lipinski definition) is 4. The molecule has 0 fully saturated rings. The van der Waals surface area contributed by atoms with Gasteiger partial charge in [0, 0.05) is 25.3 Å². The molecule has 1 unspecified atom stereocenters. The van der Waals surface area contributed by atoms with Crippen LogP contribution >= 0.6 is 0 Å². The number of hydrogen-bond donors (Lipinski definition) is 1. The first-order chi connectivity index (χ1) is 8.54. The fraction of sp³-hybridized carbons (Fsp3) is 0.846. The molecule has 1 aromatic rings. The van der Waals surface area contributed by atoms with Crippen LogP contribution in [0.4, 0.5) is 0 Å². The van der Waals surface area contributed by atoms with E-state index in [4.69, 9.17) is 0 Å². The second-order valence-corrected chi connectivity index (χ2v) is 5.22. The maximum absolute atomic E-state index is 4.15. The van der Waals surface area contributed by atoms with E-state index < -0.39 is 0 Å².